The molecule has 0 spiro atoms. The van der Waals surface area contributed by atoms with Crippen LogP contribution in [0.3, 0.4) is 0 Å². The molecule has 0 aliphatic heterocycles. The van der Waals surface area contributed by atoms with Crippen molar-refractivity contribution in [1.82, 2.24) is 0 Å². The Morgan fingerprint density at radius 1 is 1.17 bits per heavy atom. The summed E-state index contributed by atoms with van der Waals surface area (Å²) in [4.78, 5) is 21.5. The average Bonchev–Trinajstić information content (AvgIpc) is 2.59. The molecule has 114 valence electrons. The molecule has 2 aromatic carbocycles. The SMILES string of the molecule is COC(=O)c1ccc(C=Cc2ccc([N+](=O)[O-])c(C#N)c2)cc1. The van der Waals surface area contributed by atoms with E-state index in [9.17, 15) is 14.9 Å². The van der Waals surface area contributed by atoms with Crippen molar-refractivity contribution in [2.75, 3.05) is 7.11 Å². The Labute approximate surface area is 132 Å². The van der Waals surface area contributed by atoms with Crippen LogP contribution in [0.2, 0.25) is 0 Å². The van der Waals surface area contributed by atoms with Crippen LogP contribution in [0.5, 0.6) is 0 Å². The Kier molecular flexibility index (Phi) is 4.85. The zero-order valence-electron chi connectivity index (χ0n) is 12.2. The minimum absolute atomic E-state index is 0.0122. The summed E-state index contributed by atoms with van der Waals surface area (Å²) in [5.41, 5.74) is 1.76. The third kappa shape index (κ3) is 3.80. The number of ether oxygens (including phenoxy) is 1. The molecule has 0 aliphatic rings. The maximum absolute atomic E-state index is 11.3. The molecule has 2 aromatic rings. The van der Waals surface area contributed by atoms with Crippen LogP contribution in [0.25, 0.3) is 12.2 Å². The summed E-state index contributed by atoms with van der Waals surface area (Å²) in [5.74, 6) is -0.408. The number of carbonyl (C=O) groups excluding carboxylic acids is 1. The van der Waals surface area contributed by atoms with Gasteiger partial charge in [-0.25, -0.2) is 4.79 Å². The van der Waals surface area contributed by atoms with Crippen molar-refractivity contribution in [3.63, 3.8) is 0 Å². The summed E-state index contributed by atoms with van der Waals surface area (Å²) in [7, 11) is 1.32. The Balaban J connectivity index is 2.22. The molecule has 0 unspecified atom stereocenters. The summed E-state index contributed by atoms with van der Waals surface area (Å²) in [6, 6.07) is 12.9. The van der Waals surface area contributed by atoms with Crippen LogP contribution in [-0.2, 0) is 4.74 Å². The van der Waals surface area contributed by atoms with Gasteiger partial charge in [0.25, 0.3) is 5.69 Å². The molecular weight excluding hydrogens is 296 g/mol. The third-order valence-corrected chi connectivity index (χ3v) is 3.14. The van der Waals surface area contributed by atoms with Crippen molar-refractivity contribution in [3.8, 4) is 6.07 Å². The Bertz CT molecular complexity index is 817. The number of methoxy groups -OCH3 is 1. The molecule has 0 saturated carbocycles. The third-order valence-electron chi connectivity index (χ3n) is 3.14. The van der Waals surface area contributed by atoms with Crippen molar-refractivity contribution in [2.24, 2.45) is 0 Å². The highest BCUT2D eigenvalue weighted by molar-refractivity contribution is 5.89. The molecule has 0 heterocycles. The fourth-order valence-corrected chi connectivity index (χ4v) is 1.95. The fourth-order valence-electron chi connectivity index (χ4n) is 1.95. The van der Waals surface area contributed by atoms with Gasteiger partial charge in [0.2, 0.25) is 0 Å². The summed E-state index contributed by atoms with van der Waals surface area (Å²) >= 11 is 0. The molecule has 0 saturated heterocycles. The second kappa shape index (κ2) is 7.00. The minimum Gasteiger partial charge on any atom is -0.465 e. The standard InChI is InChI=1S/C17H12N2O4/c1-23-17(20)14-7-4-12(5-8-14)2-3-13-6-9-16(19(21)22)15(10-13)11-18/h2-10H,1H3. The number of carbonyl (C=O) groups is 1. The first-order valence-electron chi connectivity index (χ1n) is 6.60. The Hall–Kier alpha value is -3.46. The van der Waals surface area contributed by atoms with E-state index in [-0.39, 0.29) is 11.3 Å². The molecular formula is C17H12N2O4. The molecule has 0 aliphatic carbocycles. The van der Waals surface area contributed by atoms with Crippen LogP contribution in [-0.4, -0.2) is 18.0 Å². The highest BCUT2D eigenvalue weighted by atomic mass is 16.6. The predicted octanol–water partition coefficient (Wildman–Crippen LogP) is 3.42. The first kappa shape index (κ1) is 15.9. The maximum Gasteiger partial charge on any atom is 0.337 e. The quantitative estimate of drug-likeness (QED) is 0.373. The molecule has 0 radical (unpaired) electrons. The number of nitro benzene ring substituents is 1. The van der Waals surface area contributed by atoms with Crippen LogP contribution in [0.15, 0.2) is 42.5 Å². The normalized spacial score (nSPS) is 10.3. The van der Waals surface area contributed by atoms with Gasteiger partial charge in [-0.2, -0.15) is 5.26 Å². The summed E-state index contributed by atoms with van der Waals surface area (Å²) in [5, 5.41) is 19.7. The number of benzene rings is 2. The van der Waals surface area contributed by atoms with Crippen LogP contribution in [0, 0.1) is 21.4 Å². The number of nitrogens with zero attached hydrogens (tertiary/aromatic N) is 2. The van der Waals surface area contributed by atoms with E-state index in [2.05, 4.69) is 4.74 Å². The minimum atomic E-state index is -0.586. The molecule has 0 fully saturated rings. The monoisotopic (exact) mass is 308 g/mol. The van der Waals surface area contributed by atoms with E-state index in [1.54, 1.807) is 42.5 Å². The number of rotatable bonds is 4. The lowest BCUT2D eigenvalue weighted by atomic mass is 10.1. The fraction of sp³-hybridized carbons (Fsp3) is 0.0588. The first-order chi connectivity index (χ1) is 11.0. The second-order valence-corrected chi connectivity index (χ2v) is 4.59. The number of nitro groups is 1. The summed E-state index contributed by atoms with van der Waals surface area (Å²) < 4.78 is 4.62. The lowest BCUT2D eigenvalue weighted by molar-refractivity contribution is -0.385. The molecule has 2 rings (SSSR count). The Morgan fingerprint density at radius 2 is 1.78 bits per heavy atom. The van der Waals surface area contributed by atoms with Crippen molar-refractivity contribution >= 4 is 23.8 Å². The smallest absolute Gasteiger partial charge is 0.337 e. The van der Waals surface area contributed by atoms with E-state index in [1.165, 1.54) is 19.2 Å². The van der Waals surface area contributed by atoms with Crippen LogP contribution < -0.4 is 0 Å². The van der Waals surface area contributed by atoms with Gasteiger partial charge in [-0.15, -0.1) is 0 Å². The average molecular weight is 308 g/mol. The summed E-state index contributed by atoms with van der Waals surface area (Å²) in [6.07, 6.45) is 3.51. The molecule has 6 heteroatoms. The molecule has 6 nitrogen and oxygen atoms in total. The van der Waals surface area contributed by atoms with E-state index in [4.69, 9.17) is 5.26 Å². The highest BCUT2D eigenvalue weighted by Crippen LogP contribution is 2.20. The van der Waals surface area contributed by atoms with Gasteiger partial charge in [0.05, 0.1) is 17.6 Å². The van der Waals surface area contributed by atoms with Gasteiger partial charge in [0.15, 0.2) is 0 Å². The van der Waals surface area contributed by atoms with Crippen LogP contribution in [0.1, 0.15) is 27.0 Å². The van der Waals surface area contributed by atoms with Crippen molar-refractivity contribution in [3.05, 3.63) is 74.8 Å². The molecule has 0 N–H and O–H groups in total. The van der Waals surface area contributed by atoms with Crippen LogP contribution in [0.4, 0.5) is 5.69 Å². The summed E-state index contributed by atoms with van der Waals surface area (Å²) in [6.45, 7) is 0. The van der Waals surface area contributed by atoms with Gasteiger partial charge >= 0.3 is 5.97 Å². The lowest BCUT2D eigenvalue weighted by Crippen LogP contribution is -2.00. The van der Waals surface area contributed by atoms with Gasteiger partial charge in [0, 0.05) is 6.07 Å². The van der Waals surface area contributed by atoms with Crippen molar-refractivity contribution in [1.29, 1.82) is 5.26 Å². The first-order valence-corrected chi connectivity index (χ1v) is 6.60. The maximum atomic E-state index is 11.3. The lowest BCUT2D eigenvalue weighted by Gasteiger charge is -2.00. The van der Waals surface area contributed by atoms with E-state index in [0.29, 0.717) is 11.1 Å². The number of esters is 1. The van der Waals surface area contributed by atoms with Gasteiger partial charge in [-0.3, -0.25) is 10.1 Å². The van der Waals surface area contributed by atoms with E-state index >= 15 is 0 Å². The zero-order valence-corrected chi connectivity index (χ0v) is 12.2. The van der Waals surface area contributed by atoms with Crippen LogP contribution >= 0.6 is 0 Å². The Morgan fingerprint density at radius 3 is 2.35 bits per heavy atom. The van der Waals surface area contributed by atoms with Gasteiger partial charge in [-0.1, -0.05) is 24.3 Å². The topological polar surface area (TPSA) is 93.2 Å². The molecule has 0 atom stereocenters. The van der Waals surface area contributed by atoms with Gasteiger partial charge < -0.3 is 4.74 Å². The van der Waals surface area contributed by atoms with Gasteiger partial charge in [0.1, 0.15) is 11.6 Å². The molecule has 23 heavy (non-hydrogen) atoms. The largest absolute Gasteiger partial charge is 0.465 e. The molecule has 0 aromatic heterocycles. The second-order valence-electron chi connectivity index (χ2n) is 4.59. The number of hydrogen-bond acceptors (Lipinski definition) is 5. The van der Waals surface area contributed by atoms with E-state index < -0.39 is 10.9 Å². The van der Waals surface area contributed by atoms with Gasteiger partial charge in [-0.05, 0) is 35.4 Å². The van der Waals surface area contributed by atoms with Crippen molar-refractivity contribution < 1.29 is 14.5 Å². The van der Waals surface area contributed by atoms with E-state index in [1.807, 2.05) is 6.07 Å². The van der Waals surface area contributed by atoms with E-state index in [0.717, 1.165) is 5.56 Å². The van der Waals surface area contributed by atoms with Crippen molar-refractivity contribution in [2.45, 2.75) is 0 Å². The molecule has 0 amide bonds. The molecule has 0 bridgehead atoms. The highest BCUT2D eigenvalue weighted by Gasteiger charge is 2.12. The number of nitriles is 1. The zero-order chi connectivity index (χ0) is 16.8. The number of hydrogen-bond donors (Lipinski definition) is 0. The predicted molar refractivity (Wildman–Crippen MR) is 84.5 cm³/mol.